The molecule has 4 heteroatoms. The van der Waals surface area contributed by atoms with Crippen molar-refractivity contribution in [3.8, 4) is 0 Å². The van der Waals surface area contributed by atoms with Crippen LogP contribution in [0, 0.1) is 12.7 Å². The second-order valence-electron chi connectivity index (χ2n) is 4.45. The molecule has 0 spiro atoms. The lowest BCUT2D eigenvalue weighted by atomic mass is 10.1. The summed E-state index contributed by atoms with van der Waals surface area (Å²) in [5, 5.41) is 3.78. The van der Waals surface area contributed by atoms with E-state index >= 15 is 0 Å². The van der Waals surface area contributed by atoms with Crippen LogP contribution in [-0.2, 0) is 13.1 Å². The van der Waals surface area contributed by atoms with Crippen LogP contribution in [-0.4, -0.2) is 0 Å². The average molecular weight is 279 g/mol. The summed E-state index contributed by atoms with van der Waals surface area (Å²) in [5.74, 6) is -0.236. The molecule has 0 atom stereocenters. The maximum atomic E-state index is 13.5. The zero-order chi connectivity index (χ0) is 13.8. The third kappa shape index (κ3) is 3.46. The number of anilines is 1. The summed E-state index contributed by atoms with van der Waals surface area (Å²) in [6.45, 7) is 2.71. The molecular formula is C15H16ClFN2. The highest BCUT2D eigenvalue weighted by Crippen LogP contribution is 2.21. The van der Waals surface area contributed by atoms with Gasteiger partial charge in [0.1, 0.15) is 5.82 Å². The summed E-state index contributed by atoms with van der Waals surface area (Å²) >= 11 is 6.09. The highest BCUT2D eigenvalue weighted by molar-refractivity contribution is 6.31. The van der Waals surface area contributed by atoms with Crippen LogP contribution in [0.25, 0.3) is 0 Å². The molecule has 0 saturated heterocycles. The SMILES string of the molecule is Cc1cc(Cl)c(CNc2ccc(CN)cc2)cc1F. The van der Waals surface area contributed by atoms with Gasteiger partial charge in [0.2, 0.25) is 0 Å². The van der Waals surface area contributed by atoms with Gasteiger partial charge in [-0.2, -0.15) is 0 Å². The smallest absolute Gasteiger partial charge is 0.126 e. The van der Waals surface area contributed by atoms with Crippen LogP contribution < -0.4 is 11.1 Å². The lowest BCUT2D eigenvalue weighted by Crippen LogP contribution is -2.02. The number of aryl methyl sites for hydroxylation is 1. The van der Waals surface area contributed by atoms with Crippen LogP contribution in [0.2, 0.25) is 5.02 Å². The Morgan fingerprint density at radius 1 is 1.21 bits per heavy atom. The number of rotatable bonds is 4. The number of nitrogens with one attached hydrogen (secondary N) is 1. The molecule has 100 valence electrons. The quantitative estimate of drug-likeness (QED) is 0.891. The van der Waals surface area contributed by atoms with Crippen molar-refractivity contribution >= 4 is 17.3 Å². The molecule has 0 saturated carbocycles. The van der Waals surface area contributed by atoms with E-state index in [0.717, 1.165) is 16.8 Å². The van der Waals surface area contributed by atoms with Crippen molar-refractivity contribution in [1.82, 2.24) is 0 Å². The second kappa shape index (κ2) is 6.04. The third-order valence-corrected chi connectivity index (χ3v) is 3.35. The van der Waals surface area contributed by atoms with Gasteiger partial charge in [-0.15, -0.1) is 0 Å². The number of nitrogens with two attached hydrogens (primary N) is 1. The summed E-state index contributed by atoms with van der Waals surface area (Å²) in [5.41, 5.74) is 8.86. The van der Waals surface area contributed by atoms with Crippen molar-refractivity contribution in [2.75, 3.05) is 5.32 Å². The Kier molecular flexibility index (Phi) is 4.40. The molecule has 19 heavy (non-hydrogen) atoms. The first-order valence-electron chi connectivity index (χ1n) is 6.07. The molecule has 2 rings (SSSR count). The van der Waals surface area contributed by atoms with Gasteiger partial charge in [-0.25, -0.2) is 4.39 Å². The second-order valence-corrected chi connectivity index (χ2v) is 4.85. The lowest BCUT2D eigenvalue weighted by molar-refractivity contribution is 0.616. The number of halogens is 2. The molecule has 0 heterocycles. The van der Waals surface area contributed by atoms with E-state index in [0.29, 0.717) is 23.7 Å². The minimum absolute atomic E-state index is 0.236. The molecule has 0 unspecified atom stereocenters. The fraction of sp³-hybridized carbons (Fsp3) is 0.200. The standard InChI is InChI=1S/C15H16ClFN2/c1-10-6-14(16)12(7-15(10)17)9-19-13-4-2-11(8-18)3-5-13/h2-7,19H,8-9,18H2,1H3. The van der Waals surface area contributed by atoms with Crippen LogP contribution >= 0.6 is 11.6 Å². The van der Waals surface area contributed by atoms with Crippen molar-refractivity contribution in [3.63, 3.8) is 0 Å². The van der Waals surface area contributed by atoms with Gasteiger partial charge in [0.05, 0.1) is 0 Å². The number of hydrogen-bond acceptors (Lipinski definition) is 2. The Hall–Kier alpha value is -1.58. The van der Waals surface area contributed by atoms with E-state index in [1.54, 1.807) is 13.0 Å². The zero-order valence-electron chi connectivity index (χ0n) is 10.7. The van der Waals surface area contributed by atoms with Gasteiger partial charge < -0.3 is 11.1 Å². The number of hydrogen-bond donors (Lipinski definition) is 2. The van der Waals surface area contributed by atoms with Gasteiger partial charge in [-0.05, 0) is 47.9 Å². The Bertz CT molecular complexity index is 567. The fourth-order valence-corrected chi connectivity index (χ4v) is 2.06. The molecule has 2 nitrogen and oxygen atoms in total. The maximum Gasteiger partial charge on any atom is 0.126 e. The monoisotopic (exact) mass is 278 g/mol. The van der Waals surface area contributed by atoms with Gasteiger partial charge in [-0.3, -0.25) is 0 Å². The Labute approximate surface area is 117 Å². The molecule has 3 N–H and O–H groups in total. The first-order chi connectivity index (χ1) is 9.10. The lowest BCUT2D eigenvalue weighted by Gasteiger charge is -2.10. The topological polar surface area (TPSA) is 38.0 Å². The van der Waals surface area contributed by atoms with E-state index in [1.807, 2.05) is 24.3 Å². The first-order valence-corrected chi connectivity index (χ1v) is 6.45. The highest BCUT2D eigenvalue weighted by Gasteiger charge is 2.05. The molecule has 0 aliphatic carbocycles. The number of benzene rings is 2. The van der Waals surface area contributed by atoms with Gasteiger partial charge in [-0.1, -0.05) is 23.7 Å². The molecule has 0 bridgehead atoms. The highest BCUT2D eigenvalue weighted by atomic mass is 35.5. The molecule has 0 aromatic heterocycles. The van der Waals surface area contributed by atoms with Gasteiger partial charge >= 0.3 is 0 Å². The van der Waals surface area contributed by atoms with E-state index in [1.165, 1.54) is 6.07 Å². The van der Waals surface area contributed by atoms with E-state index in [-0.39, 0.29) is 5.82 Å². The van der Waals surface area contributed by atoms with Crippen molar-refractivity contribution < 1.29 is 4.39 Å². The summed E-state index contributed by atoms with van der Waals surface area (Å²) < 4.78 is 13.5. The molecule has 0 aliphatic heterocycles. The fourth-order valence-electron chi connectivity index (χ4n) is 1.78. The Balaban J connectivity index is 2.07. The normalized spacial score (nSPS) is 10.5. The minimum Gasteiger partial charge on any atom is -0.381 e. The molecule has 2 aromatic rings. The van der Waals surface area contributed by atoms with Gasteiger partial charge in [0, 0.05) is 23.8 Å². The van der Waals surface area contributed by atoms with Crippen LogP contribution in [0.4, 0.5) is 10.1 Å². The van der Waals surface area contributed by atoms with E-state index in [2.05, 4.69) is 5.32 Å². The van der Waals surface area contributed by atoms with Crippen LogP contribution in [0.5, 0.6) is 0 Å². The van der Waals surface area contributed by atoms with E-state index in [4.69, 9.17) is 17.3 Å². The molecule has 0 radical (unpaired) electrons. The summed E-state index contributed by atoms with van der Waals surface area (Å²) in [6, 6.07) is 10.9. The largest absolute Gasteiger partial charge is 0.381 e. The molecule has 0 fully saturated rings. The van der Waals surface area contributed by atoms with Crippen LogP contribution in [0.3, 0.4) is 0 Å². The summed E-state index contributed by atoms with van der Waals surface area (Å²) in [7, 11) is 0. The van der Waals surface area contributed by atoms with E-state index < -0.39 is 0 Å². The van der Waals surface area contributed by atoms with Crippen molar-refractivity contribution in [2.24, 2.45) is 5.73 Å². The third-order valence-electron chi connectivity index (χ3n) is 3.00. The van der Waals surface area contributed by atoms with Crippen molar-refractivity contribution in [3.05, 3.63) is 63.9 Å². The summed E-state index contributed by atoms with van der Waals surface area (Å²) in [6.07, 6.45) is 0. The summed E-state index contributed by atoms with van der Waals surface area (Å²) in [4.78, 5) is 0. The maximum absolute atomic E-state index is 13.5. The van der Waals surface area contributed by atoms with Crippen molar-refractivity contribution in [2.45, 2.75) is 20.0 Å². The predicted octanol–water partition coefficient (Wildman–Crippen LogP) is 3.86. The Morgan fingerprint density at radius 3 is 2.53 bits per heavy atom. The molecule has 2 aromatic carbocycles. The van der Waals surface area contributed by atoms with Crippen LogP contribution in [0.1, 0.15) is 16.7 Å². The predicted molar refractivity (Wildman–Crippen MR) is 77.8 cm³/mol. The molecule has 0 aliphatic rings. The molecular weight excluding hydrogens is 263 g/mol. The van der Waals surface area contributed by atoms with Crippen LogP contribution in [0.15, 0.2) is 36.4 Å². The zero-order valence-corrected chi connectivity index (χ0v) is 11.5. The van der Waals surface area contributed by atoms with Crippen molar-refractivity contribution in [1.29, 1.82) is 0 Å². The Morgan fingerprint density at radius 2 is 1.89 bits per heavy atom. The average Bonchev–Trinajstić information content (AvgIpc) is 2.42. The molecule has 0 amide bonds. The van der Waals surface area contributed by atoms with E-state index in [9.17, 15) is 4.39 Å². The van der Waals surface area contributed by atoms with Gasteiger partial charge in [0.15, 0.2) is 0 Å². The van der Waals surface area contributed by atoms with Gasteiger partial charge in [0.25, 0.3) is 0 Å². The first kappa shape index (κ1) is 13.8. The minimum atomic E-state index is -0.236.